The van der Waals surface area contributed by atoms with Gasteiger partial charge < -0.3 is 19.9 Å². The zero-order chi connectivity index (χ0) is 17.9. The van der Waals surface area contributed by atoms with Crippen molar-refractivity contribution >= 4 is 11.7 Å². The van der Waals surface area contributed by atoms with Crippen LogP contribution in [0, 0.1) is 6.92 Å². The third-order valence-corrected chi connectivity index (χ3v) is 4.18. The second-order valence-corrected chi connectivity index (χ2v) is 6.08. The number of ether oxygens (including phenoxy) is 1. The number of carbonyl (C=O) groups excluding carboxylic acids is 1. The highest BCUT2D eigenvalue weighted by molar-refractivity contribution is 5.74. The highest BCUT2D eigenvalue weighted by Crippen LogP contribution is 2.22. The van der Waals surface area contributed by atoms with Gasteiger partial charge in [-0.25, -0.2) is 4.79 Å². The van der Waals surface area contributed by atoms with E-state index in [9.17, 15) is 4.79 Å². The Balaban J connectivity index is 1.43. The standard InChI is InChI=1S/C16H19N7O3/c1-10-19-15(26-22-10)12-5-2-6-23-13(20-21-14(12)23)9-18-16(24)17-8-11-4-3-7-25-11/h2,5-6,11H,3-4,7-9H2,1H3,(H2,17,18,24)/t11-/m0/s1. The van der Waals surface area contributed by atoms with Crippen LogP contribution in [-0.2, 0) is 11.3 Å². The average Bonchev–Trinajstić information content (AvgIpc) is 3.38. The molecule has 0 bridgehead atoms. The molecule has 3 aromatic heterocycles. The van der Waals surface area contributed by atoms with Gasteiger partial charge in [-0.05, 0) is 31.9 Å². The Kier molecular flexibility index (Phi) is 4.48. The van der Waals surface area contributed by atoms with Crippen LogP contribution >= 0.6 is 0 Å². The first-order chi connectivity index (χ1) is 12.7. The van der Waals surface area contributed by atoms with Gasteiger partial charge in [0, 0.05) is 19.3 Å². The summed E-state index contributed by atoms with van der Waals surface area (Å²) >= 11 is 0. The van der Waals surface area contributed by atoms with Crippen molar-refractivity contribution in [3.05, 3.63) is 30.0 Å². The summed E-state index contributed by atoms with van der Waals surface area (Å²) in [6.45, 7) is 3.26. The molecular weight excluding hydrogens is 338 g/mol. The van der Waals surface area contributed by atoms with E-state index in [0.717, 1.165) is 19.4 Å². The monoisotopic (exact) mass is 357 g/mol. The smallest absolute Gasteiger partial charge is 0.315 e. The third-order valence-electron chi connectivity index (χ3n) is 4.18. The van der Waals surface area contributed by atoms with Gasteiger partial charge in [0.1, 0.15) is 0 Å². The van der Waals surface area contributed by atoms with Crippen molar-refractivity contribution in [1.82, 2.24) is 35.4 Å². The van der Waals surface area contributed by atoms with E-state index < -0.39 is 0 Å². The maximum Gasteiger partial charge on any atom is 0.315 e. The van der Waals surface area contributed by atoms with E-state index in [1.807, 2.05) is 18.3 Å². The molecule has 26 heavy (non-hydrogen) atoms. The van der Waals surface area contributed by atoms with E-state index in [0.29, 0.717) is 35.3 Å². The Bertz CT molecular complexity index is 914. The van der Waals surface area contributed by atoms with E-state index in [4.69, 9.17) is 9.26 Å². The molecule has 1 aliphatic rings. The number of hydrogen-bond acceptors (Lipinski definition) is 7. The number of pyridine rings is 1. The zero-order valence-electron chi connectivity index (χ0n) is 14.3. The molecule has 0 saturated carbocycles. The fraction of sp³-hybridized carbons (Fsp3) is 0.438. The molecule has 1 atom stereocenters. The van der Waals surface area contributed by atoms with E-state index in [-0.39, 0.29) is 18.7 Å². The van der Waals surface area contributed by atoms with Crippen molar-refractivity contribution < 1.29 is 14.1 Å². The van der Waals surface area contributed by atoms with E-state index in [2.05, 4.69) is 31.0 Å². The number of aryl methyl sites for hydroxylation is 1. The predicted molar refractivity (Wildman–Crippen MR) is 90.2 cm³/mol. The summed E-state index contributed by atoms with van der Waals surface area (Å²) in [5, 5.41) is 17.7. The maximum absolute atomic E-state index is 12.0. The van der Waals surface area contributed by atoms with Gasteiger partial charge in [0.25, 0.3) is 5.89 Å². The minimum absolute atomic E-state index is 0.107. The van der Waals surface area contributed by atoms with Crippen molar-refractivity contribution in [3.8, 4) is 11.5 Å². The normalized spacial score (nSPS) is 16.9. The topological polar surface area (TPSA) is 119 Å². The molecule has 10 nitrogen and oxygen atoms in total. The van der Waals surface area contributed by atoms with Crippen molar-refractivity contribution in [3.63, 3.8) is 0 Å². The number of rotatable bonds is 5. The number of amides is 2. The van der Waals surface area contributed by atoms with Crippen molar-refractivity contribution in [2.24, 2.45) is 0 Å². The van der Waals surface area contributed by atoms with Gasteiger partial charge in [-0.3, -0.25) is 4.40 Å². The van der Waals surface area contributed by atoms with Gasteiger partial charge in [-0.1, -0.05) is 5.16 Å². The summed E-state index contributed by atoms with van der Waals surface area (Å²) in [5.74, 6) is 1.53. The molecule has 0 unspecified atom stereocenters. The van der Waals surface area contributed by atoms with E-state index >= 15 is 0 Å². The van der Waals surface area contributed by atoms with Crippen molar-refractivity contribution in [2.45, 2.75) is 32.4 Å². The lowest BCUT2D eigenvalue weighted by Gasteiger charge is -2.11. The first kappa shape index (κ1) is 16.5. The molecule has 10 heteroatoms. The van der Waals surface area contributed by atoms with Crippen molar-refractivity contribution in [1.29, 1.82) is 0 Å². The Morgan fingerprint density at radius 1 is 1.38 bits per heavy atom. The van der Waals surface area contributed by atoms with Crippen LogP contribution in [-0.4, -0.2) is 50.0 Å². The summed E-state index contributed by atoms with van der Waals surface area (Å²) in [6.07, 6.45) is 3.95. The van der Waals surface area contributed by atoms with Gasteiger partial charge >= 0.3 is 6.03 Å². The summed E-state index contributed by atoms with van der Waals surface area (Å²) in [4.78, 5) is 16.2. The molecule has 4 heterocycles. The number of nitrogens with zero attached hydrogens (tertiary/aromatic N) is 5. The number of fused-ring (bicyclic) bond motifs is 1. The van der Waals surface area contributed by atoms with Crippen molar-refractivity contribution in [2.75, 3.05) is 13.2 Å². The third kappa shape index (κ3) is 3.36. The minimum Gasteiger partial charge on any atom is -0.376 e. The molecular formula is C16H19N7O3. The van der Waals surface area contributed by atoms with Crippen LogP contribution in [0.1, 0.15) is 24.5 Å². The SMILES string of the molecule is Cc1noc(-c2cccn3c(CNC(=O)NC[C@@H]4CCCO4)nnc23)n1. The highest BCUT2D eigenvalue weighted by atomic mass is 16.5. The van der Waals surface area contributed by atoms with Crippen LogP contribution in [0.5, 0.6) is 0 Å². The molecule has 0 aliphatic carbocycles. The maximum atomic E-state index is 12.0. The predicted octanol–water partition coefficient (Wildman–Crippen LogP) is 1.07. The van der Waals surface area contributed by atoms with Gasteiger partial charge in [-0.15, -0.1) is 10.2 Å². The number of nitrogens with one attached hydrogen (secondary N) is 2. The lowest BCUT2D eigenvalue weighted by atomic mass is 10.2. The Hall–Kier alpha value is -3.01. The highest BCUT2D eigenvalue weighted by Gasteiger charge is 2.17. The van der Waals surface area contributed by atoms with Gasteiger partial charge in [0.15, 0.2) is 17.3 Å². The lowest BCUT2D eigenvalue weighted by molar-refractivity contribution is 0.111. The molecule has 3 aromatic rings. The molecule has 0 aromatic carbocycles. The average molecular weight is 357 g/mol. The Labute approximate surface area is 148 Å². The molecule has 136 valence electrons. The first-order valence-corrected chi connectivity index (χ1v) is 8.47. The number of carbonyl (C=O) groups is 1. The van der Waals surface area contributed by atoms with E-state index in [1.165, 1.54) is 0 Å². The first-order valence-electron chi connectivity index (χ1n) is 8.47. The summed E-state index contributed by atoms with van der Waals surface area (Å²) < 4.78 is 12.5. The van der Waals surface area contributed by atoms with E-state index in [1.54, 1.807) is 11.3 Å². The van der Waals surface area contributed by atoms with Crippen LogP contribution in [0.4, 0.5) is 4.79 Å². The minimum atomic E-state index is -0.263. The summed E-state index contributed by atoms with van der Waals surface area (Å²) in [5.41, 5.74) is 1.28. The second kappa shape index (κ2) is 7.08. The van der Waals surface area contributed by atoms with Crippen LogP contribution in [0.25, 0.3) is 17.1 Å². The molecule has 1 aliphatic heterocycles. The Morgan fingerprint density at radius 3 is 3.08 bits per heavy atom. The molecule has 4 rings (SSSR count). The van der Waals surface area contributed by atoms with Crippen LogP contribution in [0.3, 0.4) is 0 Å². The molecule has 0 spiro atoms. The fourth-order valence-electron chi connectivity index (χ4n) is 2.89. The molecule has 2 N–H and O–H groups in total. The van der Waals surface area contributed by atoms with Crippen LogP contribution < -0.4 is 10.6 Å². The van der Waals surface area contributed by atoms with Gasteiger partial charge in [0.2, 0.25) is 0 Å². The summed E-state index contributed by atoms with van der Waals surface area (Å²) in [7, 11) is 0. The molecule has 1 fully saturated rings. The zero-order valence-corrected chi connectivity index (χ0v) is 14.3. The van der Waals surface area contributed by atoms with Crippen LogP contribution in [0.15, 0.2) is 22.9 Å². The number of hydrogen-bond donors (Lipinski definition) is 2. The molecule has 2 amide bonds. The molecule has 0 radical (unpaired) electrons. The summed E-state index contributed by atoms with van der Waals surface area (Å²) in [6, 6.07) is 3.41. The Morgan fingerprint density at radius 2 is 2.31 bits per heavy atom. The second-order valence-electron chi connectivity index (χ2n) is 6.08. The quantitative estimate of drug-likeness (QED) is 0.701. The van der Waals surface area contributed by atoms with Gasteiger partial charge in [0.05, 0.1) is 18.2 Å². The fourth-order valence-corrected chi connectivity index (χ4v) is 2.89. The number of aromatic nitrogens is 5. The largest absolute Gasteiger partial charge is 0.376 e. The lowest BCUT2D eigenvalue weighted by Crippen LogP contribution is -2.39. The van der Waals surface area contributed by atoms with Crippen LogP contribution in [0.2, 0.25) is 0 Å². The number of urea groups is 1. The molecule has 1 saturated heterocycles. The van der Waals surface area contributed by atoms with Gasteiger partial charge in [-0.2, -0.15) is 4.98 Å².